The van der Waals surface area contributed by atoms with Crippen molar-refractivity contribution in [2.45, 2.75) is 32.8 Å². The van der Waals surface area contributed by atoms with Gasteiger partial charge < -0.3 is 20.5 Å². The summed E-state index contributed by atoms with van der Waals surface area (Å²) < 4.78 is 10.3. The first kappa shape index (κ1) is 20.2. The lowest BCUT2D eigenvalue weighted by molar-refractivity contribution is -0.116. The number of halogens is 1. The number of hydrogen-bond acceptors (Lipinski definition) is 5. The molecule has 3 N–H and O–H groups in total. The van der Waals surface area contributed by atoms with Crippen molar-refractivity contribution in [1.82, 2.24) is 0 Å². The molecule has 1 rings (SSSR count). The molecule has 124 valence electrons. The molecule has 1 amide bonds. The Kier molecular flexibility index (Phi) is 9.21. The number of nitrogens with one attached hydrogen (secondary N) is 1. The first-order valence-corrected chi connectivity index (χ1v) is 6.86. The Morgan fingerprint density at radius 3 is 2.55 bits per heavy atom. The molecular formula is C15H23ClN2O4. The molecule has 1 aromatic rings. The van der Waals surface area contributed by atoms with Gasteiger partial charge in [0.1, 0.15) is 5.75 Å². The van der Waals surface area contributed by atoms with E-state index in [4.69, 9.17) is 10.5 Å². The Labute approximate surface area is 136 Å². The van der Waals surface area contributed by atoms with E-state index in [-0.39, 0.29) is 24.4 Å². The molecule has 0 saturated heterocycles. The smallest absolute Gasteiger partial charge is 0.337 e. The molecule has 0 saturated carbocycles. The van der Waals surface area contributed by atoms with E-state index in [1.165, 1.54) is 7.11 Å². The van der Waals surface area contributed by atoms with E-state index in [0.717, 1.165) is 0 Å². The molecule has 0 aromatic heterocycles. The largest absolute Gasteiger partial charge is 0.489 e. The number of benzene rings is 1. The maximum atomic E-state index is 11.8. The standard InChI is InChI=1S/C15H22N2O4.ClH/c1-10(2)21-13-7-6-11(15(19)20-3)9-12(13)17-14(18)5-4-8-16;/h6-7,9-10H,4-5,8,16H2,1-3H3,(H,17,18);1H. The summed E-state index contributed by atoms with van der Waals surface area (Å²) in [7, 11) is 1.31. The summed E-state index contributed by atoms with van der Waals surface area (Å²) in [5.41, 5.74) is 6.18. The Balaban J connectivity index is 0.00000441. The van der Waals surface area contributed by atoms with Gasteiger partial charge >= 0.3 is 5.97 Å². The van der Waals surface area contributed by atoms with Crippen molar-refractivity contribution in [3.05, 3.63) is 23.8 Å². The van der Waals surface area contributed by atoms with Gasteiger partial charge in [0.2, 0.25) is 5.91 Å². The van der Waals surface area contributed by atoms with Gasteiger partial charge in [-0.05, 0) is 45.0 Å². The summed E-state index contributed by atoms with van der Waals surface area (Å²) in [4.78, 5) is 23.4. The summed E-state index contributed by atoms with van der Waals surface area (Å²) in [5, 5.41) is 2.74. The van der Waals surface area contributed by atoms with Gasteiger partial charge in [-0.25, -0.2) is 4.79 Å². The minimum Gasteiger partial charge on any atom is -0.489 e. The molecule has 6 nitrogen and oxygen atoms in total. The van der Waals surface area contributed by atoms with Crippen LogP contribution < -0.4 is 15.8 Å². The second kappa shape index (κ2) is 10.0. The molecule has 22 heavy (non-hydrogen) atoms. The van der Waals surface area contributed by atoms with Gasteiger partial charge in [0.25, 0.3) is 0 Å². The fourth-order valence-corrected chi connectivity index (χ4v) is 1.70. The van der Waals surface area contributed by atoms with Crippen LogP contribution in [0.15, 0.2) is 18.2 Å². The quantitative estimate of drug-likeness (QED) is 0.749. The van der Waals surface area contributed by atoms with Crippen molar-refractivity contribution in [2.75, 3.05) is 19.0 Å². The third-order valence-electron chi connectivity index (χ3n) is 2.65. The minimum absolute atomic E-state index is 0. The van der Waals surface area contributed by atoms with Gasteiger partial charge in [0.15, 0.2) is 0 Å². The molecule has 0 atom stereocenters. The van der Waals surface area contributed by atoms with Crippen molar-refractivity contribution < 1.29 is 19.1 Å². The average Bonchev–Trinajstić information content (AvgIpc) is 2.45. The molecule has 0 unspecified atom stereocenters. The number of amides is 1. The Hall–Kier alpha value is -1.79. The lowest BCUT2D eigenvalue weighted by Crippen LogP contribution is -2.16. The zero-order valence-electron chi connectivity index (χ0n) is 13.0. The highest BCUT2D eigenvalue weighted by atomic mass is 35.5. The molecule has 1 aromatic carbocycles. The Morgan fingerprint density at radius 2 is 2.00 bits per heavy atom. The third kappa shape index (κ3) is 6.32. The monoisotopic (exact) mass is 330 g/mol. The molecule has 0 aliphatic carbocycles. The van der Waals surface area contributed by atoms with Gasteiger partial charge in [-0.2, -0.15) is 0 Å². The maximum Gasteiger partial charge on any atom is 0.337 e. The highest BCUT2D eigenvalue weighted by Crippen LogP contribution is 2.27. The van der Waals surface area contributed by atoms with E-state index in [1.807, 2.05) is 13.8 Å². The van der Waals surface area contributed by atoms with Gasteiger partial charge in [-0.1, -0.05) is 0 Å². The van der Waals surface area contributed by atoms with Crippen LogP contribution in [0.25, 0.3) is 0 Å². The number of esters is 1. The number of hydrogen-bond donors (Lipinski definition) is 2. The number of anilines is 1. The number of carbonyl (C=O) groups excluding carboxylic acids is 2. The molecule has 0 aliphatic rings. The summed E-state index contributed by atoms with van der Waals surface area (Å²) in [5.74, 6) is -0.127. The Morgan fingerprint density at radius 1 is 1.32 bits per heavy atom. The predicted molar refractivity (Wildman–Crippen MR) is 87.7 cm³/mol. The van der Waals surface area contributed by atoms with E-state index in [1.54, 1.807) is 18.2 Å². The van der Waals surface area contributed by atoms with Crippen LogP contribution in [-0.2, 0) is 9.53 Å². The van der Waals surface area contributed by atoms with Crippen molar-refractivity contribution in [3.63, 3.8) is 0 Å². The van der Waals surface area contributed by atoms with Crippen LogP contribution in [0.2, 0.25) is 0 Å². The third-order valence-corrected chi connectivity index (χ3v) is 2.65. The van der Waals surface area contributed by atoms with E-state index in [2.05, 4.69) is 10.1 Å². The normalized spacial score (nSPS) is 9.86. The lowest BCUT2D eigenvalue weighted by Gasteiger charge is -2.16. The van der Waals surface area contributed by atoms with Crippen LogP contribution in [0, 0.1) is 0 Å². The molecule has 0 spiro atoms. The molecule has 0 heterocycles. The second-order valence-electron chi connectivity index (χ2n) is 4.81. The summed E-state index contributed by atoms with van der Waals surface area (Å²) in [6.07, 6.45) is 0.872. The van der Waals surface area contributed by atoms with Crippen LogP contribution in [0.1, 0.15) is 37.0 Å². The molecule has 0 aliphatic heterocycles. The SMILES string of the molecule is COC(=O)c1ccc(OC(C)C)c(NC(=O)CCCN)c1.Cl. The average molecular weight is 331 g/mol. The second-order valence-corrected chi connectivity index (χ2v) is 4.81. The van der Waals surface area contributed by atoms with Crippen LogP contribution in [-0.4, -0.2) is 31.6 Å². The zero-order chi connectivity index (χ0) is 15.8. The molecular weight excluding hydrogens is 308 g/mol. The molecule has 0 fully saturated rings. The number of nitrogens with two attached hydrogens (primary N) is 1. The van der Waals surface area contributed by atoms with Crippen molar-refractivity contribution in [3.8, 4) is 5.75 Å². The number of ether oxygens (including phenoxy) is 2. The van der Waals surface area contributed by atoms with Crippen LogP contribution in [0.4, 0.5) is 5.69 Å². The van der Waals surface area contributed by atoms with Crippen LogP contribution in [0.5, 0.6) is 5.75 Å². The molecule has 0 bridgehead atoms. The zero-order valence-corrected chi connectivity index (χ0v) is 13.9. The van der Waals surface area contributed by atoms with E-state index in [9.17, 15) is 9.59 Å². The molecule has 0 radical (unpaired) electrons. The fraction of sp³-hybridized carbons (Fsp3) is 0.467. The van der Waals surface area contributed by atoms with E-state index < -0.39 is 5.97 Å². The predicted octanol–water partition coefficient (Wildman–Crippen LogP) is 2.36. The first-order chi connectivity index (χ1) is 9.97. The van der Waals surface area contributed by atoms with Gasteiger partial charge in [0, 0.05) is 6.42 Å². The van der Waals surface area contributed by atoms with Crippen molar-refractivity contribution >= 4 is 30.0 Å². The van der Waals surface area contributed by atoms with E-state index >= 15 is 0 Å². The van der Waals surface area contributed by atoms with Crippen LogP contribution in [0.3, 0.4) is 0 Å². The fourth-order valence-electron chi connectivity index (χ4n) is 1.70. The van der Waals surface area contributed by atoms with E-state index in [0.29, 0.717) is 36.4 Å². The number of carbonyl (C=O) groups is 2. The summed E-state index contributed by atoms with van der Waals surface area (Å²) in [6.45, 7) is 4.22. The van der Waals surface area contributed by atoms with Gasteiger partial charge in [-0.3, -0.25) is 4.79 Å². The number of methoxy groups -OCH3 is 1. The van der Waals surface area contributed by atoms with Crippen molar-refractivity contribution in [2.24, 2.45) is 5.73 Å². The van der Waals surface area contributed by atoms with Crippen molar-refractivity contribution in [1.29, 1.82) is 0 Å². The molecule has 7 heteroatoms. The summed E-state index contributed by atoms with van der Waals surface area (Å²) in [6, 6.07) is 4.79. The van der Waals surface area contributed by atoms with Gasteiger partial charge in [-0.15, -0.1) is 12.4 Å². The highest BCUT2D eigenvalue weighted by Gasteiger charge is 2.13. The highest BCUT2D eigenvalue weighted by molar-refractivity contribution is 5.96. The van der Waals surface area contributed by atoms with Gasteiger partial charge in [0.05, 0.1) is 24.5 Å². The minimum atomic E-state index is -0.469. The lowest BCUT2D eigenvalue weighted by atomic mass is 10.1. The topological polar surface area (TPSA) is 90.6 Å². The first-order valence-electron chi connectivity index (χ1n) is 6.86. The van der Waals surface area contributed by atoms with Crippen LogP contribution >= 0.6 is 12.4 Å². The Bertz CT molecular complexity index is 506. The summed E-state index contributed by atoms with van der Waals surface area (Å²) >= 11 is 0. The maximum absolute atomic E-state index is 11.8. The number of rotatable bonds is 7.